The monoisotopic (exact) mass is 460 g/mol. The van der Waals surface area contributed by atoms with Gasteiger partial charge in [0.05, 0.1) is 8.51 Å². The normalized spacial score (nSPS) is 11.5. The van der Waals surface area contributed by atoms with Crippen molar-refractivity contribution >= 4 is 42.2 Å². The summed E-state index contributed by atoms with van der Waals surface area (Å²) in [6, 6.07) is 21.3. The number of anilines is 3. The maximum absolute atomic E-state index is 6.23. The topological polar surface area (TPSA) is 128 Å². The van der Waals surface area contributed by atoms with Crippen molar-refractivity contribution in [2.24, 2.45) is 0 Å². The second kappa shape index (κ2) is 9.06. The lowest BCUT2D eigenvalue weighted by molar-refractivity contribution is 0.237. The largest absolute Gasteiger partial charge is 0.414 e. The molecule has 0 saturated heterocycles. The van der Waals surface area contributed by atoms with Crippen molar-refractivity contribution < 1.29 is 14.2 Å². The summed E-state index contributed by atoms with van der Waals surface area (Å²) >= 11 is 0. The van der Waals surface area contributed by atoms with Crippen LogP contribution in [0.2, 0.25) is 0 Å². The molecule has 6 N–H and O–H groups in total. The van der Waals surface area contributed by atoms with Crippen LogP contribution < -0.4 is 31.4 Å². The molecule has 2 atom stereocenters. The summed E-state index contributed by atoms with van der Waals surface area (Å²) in [5.41, 5.74) is 19.3. The molecule has 9 nitrogen and oxygen atoms in total. The number of rotatable bonds is 6. The Morgan fingerprint density at radius 2 is 1.17 bits per heavy atom. The van der Waals surface area contributed by atoms with E-state index in [9.17, 15) is 0 Å². The van der Waals surface area contributed by atoms with Gasteiger partial charge < -0.3 is 31.4 Å². The molecule has 1 aromatic heterocycles. The summed E-state index contributed by atoms with van der Waals surface area (Å²) in [6.45, 7) is 0. The van der Waals surface area contributed by atoms with Gasteiger partial charge in [-0.2, -0.15) is 4.51 Å². The van der Waals surface area contributed by atoms with E-state index in [1.807, 2.05) is 0 Å². The Kier molecular flexibility index (Phi) is 6.05. The van der Waals surface area contributed by atoms with Gasteiger partial charge in [0, 0.05) is 17.1 Å². The van der Waals surface area contributed by atoms with Gasteiger partial charge in [-0.15, -0.1) is 0 Å². The first-order valence-electron chi connectivity index (χ1n) is 8.74. The molecule has 0 fully saturated rings. The highest BCUT2D eigenvalue weighted by Gasteiger charge is 2.13. The lowest BCUT2D eigenvalue weighted by Crippen LogP contribution is -2.11. The van der Waals surface area contributed by atoms with Crippen LogP contribution in [0.15, 0.2) is 72.8 Å². The Bertz CT molecular complexity index is 1080. The van der Waals surface area contributed by atoms with Crippen molar-refractivity contribution in [1.29, 1.82) is 0 Å². The minimum absolute atomic E-state index is 0.0199. The zero-order valence-corrected chi connectivity index (χ0v) is 18.4. The standard InChI is InChI=1S/C18H19N6O3P3/c19-13-1-7-16(8-2-13)25-23-28-22-29-24(26-17-9-3-14(20)4-10-17)30(23)27-18-11-5-15(21)6-12-18/h1-12,28H,19-21H2. The highest BCUT2D eigenvalue weighted by molar-refractivity contribution is 7.51. The Morgan fingerprint density at radius 3 is 1.70 bits per heavy atom. The van der Waals surface area contributed by atoms with Crippen LogP contribution in [0, 0.1) is 0 Å². The van der Waals surface area contributed by atoms with Crippen molar-refractivity contribution in [3.63, 3.8) is 0 Å². The Morgan fingerprint density at radius 1 is 0.700 bits per heavy atom. The zero-order valence-electron chi connectivity index (χ0n) is 15.6. The lowest BCUT2D eigenvalue weighted by atomic mass is 10.3. The molecule has 12 heteroatoms. The highest BCUT2D eigenvalue weighted by atomic mass is 31.2. The van der Waals surface area contributed by atoms with E-state index in [0.717, 1.165) is 0 Å². The molecule has 154 valence electrons. The second-order valence-electron chi connectivity index (χ2n) is 6.05. The van der Waals surface area contributed by atoms with E-state index in [1.54, 1.807) is 81.3 Å². The molecule has 0 bridgehead atoms. The van der Waals surface area contributed by atoms with E-state index >= 15 is 0 Å². The van der Waals surface area contributed by atoms with Gasteiger partial charge in [0.25, 0.3) is 0 Å². The summed E-state index contributed by atoms with van der Waals surface area (Å²) in [5.74, 6) is 1.86. The molecule has 4 rings (SSSR count). The number of hydrogen-bond donors (Lipinski definition) is 3. The average Bonchev–Trinajstić information content (AvgIpc) is 2.75. The molecule has 0 saturated carbocycles. The maximum Gasteiger partial charge on any atom is 0.316 e. The highest BCUT2D eigenvalue weighted by Crippen LogP contribution is 2.36. The van der Waals surface area contributed by atoms with Gasteiger partial charge in [-0.25, -0.2) is 0 Å². The molecule has 0 aliphatic heterocycles. The summed E-state index contributed by atoms with van der Waals surface area (Å²) in [6.07, 6.45) is 0. The number of nitrogens with zero attached hydrogens (tertiary/aromatic N) is 3. The van der Waals surface area contributed by atoms with E-state index in [4.69, 9.17) is 31.4 Å². The lowest BCUT2D eigenvalue weighted by Gasteiger charge is -2.18. The molecule has 0 radical (unpaired) electrons. The van der Waals surface area contributed by atoms with Crippen molar-refractivity contribution in [3.8, 4) is 17.2 Å². The fourth-order valence-electron chi connectivity index (χ4n) is 2.29. The van der Waals surface area contributed by atoms with Crippen molar-refractivity contribution in [2.45, 2.75) is 0 Å². The quantitative estimate of drug-likeness (QED) is 0.357. The van der Waals surface area contributed by atoms with Gasteiger partial charge >= 0.3 is 8.08 Å². The number of aromatic nitrogens is 3. The van der Waals surface area contributed by atoms with Crippen molar-refractivity contribution in [1.82, 2.24) is 13.0 Å². The molecule has 0 spiro atoms. The molecule has 30 heavy (non-hydrogen) atoms. The molecule has 3 aromatic carbocycles. The number of nitrogens with two attached hydrogens (primary N) is 3. The summed E-state index contributed by atoms with van der Waals surface area (Å²) < 4.78 is 13.9. The third kappa shape index (κ3) is 5.02. The Labute approximate surface area is 176 Å². The number of hydrogen-bond acceptors (Lipinski definition) is 7. The van der Waals surface area contributed by atoms with Gasteiger partial charge in [-0.1, -0.05) is 8.51 Å². The molecule has 4 aromatic rings. The van der Waals surface area contributed by atoms with Gasteiger partial charge in [-0.3, -0.25) is 0 Å². The number of nitrogen functional groups attached to an aromatic ring is 3. The fourth-order valence-corrected chi connectivity index (χ4v) is 6.48. The molecular weight excluding hydrogens is 441 g/mol. The smallest absolute Gasteiger partial charge is 0.316 e. The van der Waals surface area contributed by atoms with Crippen molar-refractivity contribution in [3.05, 3.63) is 72.8 Å². The zero-order chi connectivity index (χ0) is 20.9. The summed E-state index contributed by atoms with van der Waals surface area (Å²) in [7, 11) is -0.898. The van der Waals surface area contributed by atoms with Crippen LogP contribution in [0.3, 0.4) is 0 Å². The van der Waals surface area contributed by atoms with E-state index in [2.05, 4.69) is 4.51 Å². The first-order chi connectivity index (χ1) is 14.6. The van der Waals surface area contributed by atoms with Crippen LogP contribution in [-0.4, -0.2) is 13.0 Å². The van der Waals surface area contributed by atoms with Crippen LogP contribution in [-0.2, 0) is 0 Å². The van der Waals surface area contributed by atoms with Gasteiger partial charge in [-0.05, 0) is 72.8 Å². The molecule has 1 heterocycles. The number of benzene rings is 3. The average molecular weight is 460 g/mol. The first kappa shape index (κ1) is 20.0. The van der Waals surface area contributed by atoms with E-state index in [-0.39, 0.29) is 8.51 Å². The summed E-state index contributed by atoms with van der Waals surface area (Å²) in [4.78, 5) is 12.1. The SMILES string of the molecule is Nc1ccc(On2pn[pH]n(Oc3ccc(N)cc3)p2Oc2ccc(N)cc2)cc1. The predicted molar refractivity (Wildman–Crippen MR) is 123 cm³/mol. The molecule has 2 unspecified atom stereocenters. The van der Waals surface area contributed by atoms with E-state index in [0.29, 0.717) is 42.8 Å². The third-order valence-electron chi connectivity index (χ3n) is 3.76. The predicted octanol–water partition coefficient (Wildman–Crippen LogP) is 4.68. The third-order valence-corrected chi connectivity index (χ3v) is 7.59. The minimum atomic E-state index is -1.52. The van der Waals surface area contributed by atoms with Gasteiger partial charge in [0.15, 0.2) is 20.0 Å². The van der Waals surface area contributed by atoms with Crippen molar-refractivity contribution in [2.75, 3.05) is 17.2 Å². The van der Waals surface area contributed by atoms with Crippen LogP contribution >= 0.6 is 25.1 Å². The Balaban J connectivity index is 1.71. The van der Waals surface area contributed by atoms with E-state index < -0.39 is 8.08 Å². The molecule has 0 aliphatic rings. The van der Waals surface area contributed by atoms with Crippen LogP contribution in [0.4, 0.5) is 17.1 Å². The maximum atomic E-state index is 6.23. The minimum Gasteiger partial charge on any atom is -0.414 e. The summed E-state index contributed by atoms with van der Waals surface area (Å²) in [5, 5.41) is 0. The second-order valence-corrected chi connectivity index (χ2v) is 10.1. The fraction of sp³-hybridized carbons (Fsp3) is 0. The van der Waals surface area contributed by atoms with Gasteiger partial charge in [0.1, 0.15) is 5.75 Å². The van der Waals surface area contributed by atoms with Crippen LogP contribution in [0.1, 0.15) is 0 Å². The first-order valence-corrected chi connectivity index (χ1v) is 11.6. The molecular formula is C18H19N6O3P3. The molecule has 0 aliphatic carbocycles. The van der Waals surface area contributed by atoms with Gasteiger partial charge in [0.2, 0.25) is 0 Å². The Hall–Kier alpha value is -3.24. The molecule has 0 amide bonds. The van der Waals surface area contributed by atoms with Crippen LogP contribution in [0.25, 0.3) is 0 Å². The van der Waals surface area contributed by atoms with Crippen LogP contribution in [0.5, 0.6) is 17.2 Å². The van der Waals surface area contributed by atoms with E-state index in [1.165, 1.54) is 0 Å².